The van der Waals surface area contributed by atoms with Gasteiger partial charge in [0.05, 0.1) is 11.3 Å². The first kappa shape index (κ1) is 22.1. The molecular formula is C29H22FN3O2. The number of carbonyl (C=O) groups is 1. The Morgan fingerprint density at radius 2 is 1.49 bits per heavy atom. The van der Waals surface area contributed by atoms with Crippen molar-refractivity contribution in [3.05, 3.63) is 132 Å². The number of rotatable bonds is 7. The average molecular weight is 464 g/mol. The Bertz CT molecular complexity index is 1420. The first-order valence-corrected chi connectivity index (χ1v) is 11.1. The first-order chi connectivity index (χ1) is 17.2. The number of halogens is 1. The lowest BCUT2D eigenvalue weighted by atomic mass is 10.1. The molecule has 0 aliphatic heterocycles. The van der Waals surface area contributed by atoms with E-state index in [1.54, 1.807) is 35.1 Å². The van der Waals surface area contributed by atoms with Crippen molar-refractivity contribution in [3.8, 4) is 22.7 Å². The van der Waals surface area contributed by atoms with Gasteiger partial charge in [-0.15, -0.1) is 0 Å². The van der Waals surface area contributed by atoms with Gasteiger partial charge in [-0.1, -0.05) is 48.5 Å². The standard InChI is InChI=1S/C29H22FN3O2/c30-23-13-11-22(12-14-23)28-27(19-33(32-28)25-9-5-2-6-10-25)29(34)31-24-15-17-26(18-16-24)35-20-21-7-3-1-4-8-21/h1-19H,20H2,(H,31,34). The minimum absolute atomic E-state index is 0.315. The quantitative estimate of drug-likeness (QED) is 0.299. The second kappa shape index (κ2) is 10.1. The van der Waals surface area contributed by atoms with E-state index in [1.807, 2.05) is 72.8 Å². The second-order valence-corrected chi connectivity index (χ2v) is 7.93. The summed E-state index contributed by atoms with van der Waals surface area (Å²) in [6.07, 6.45) is 1.68. The predicted molar refractivity (Wildman–Crippen MR) is 134 cm³/mol. The fraction of sp³-hybridized carbons (Fsp3) is 0.0345. The molecule has 172 valence electrons. The lowest BCUT2D eigenvalue weighted by molar-refractivity contribution is 0.102. The van der Waals surface area contributed by atoms with Crippen LogP contribution in [0, 0.1) is 5.82 Å². The molecule has 4 aromatic carbocycles. The highest BCUT2D eigenvalue weighted by molar-refractivity contribution is 6.08. The second-order valence-electron chi connectivity index (χ2n) is 7.93. The smallest absolute Gasteiger partial charge is 0.259 e. The molecule has 0 aliphatic carbocycles. The summed E-state index contributed by atoms with van der Waals surface area (Å²) in [7, 11) is 0. The van der Waals surface area contributed by atoms with Gasteiger partial charge in [0.1, 0.15) is 23.9 Å². The molecule has 0 spiro atoms. The Balaban J connectivity index is 1.36. The minimum Gasteiger partial charge on any atom is -0.489 e. The van der Waals surface area contributed by atoms with Crippen LogP contribution in [0.2, 0.25) is 0 Å². The van der Waals surface area contributed by atoms with Crippen molar-refractivity contribution in [2.24, 2.45) is 0 Å². The zero-order valence-corrected chi connectivity index (χ0v) is 18.8. The van der Waals surface area contributed by atoms with Gasteiger partial charge in [-0.25, -0.2) is 9.07 Å². The summed E-state index contributed by atoms with van der Waals surface area (Å²) in [5.41, 5.74) is 4.01. The lowest BCUT2D eigenvalue weighted by Crippen LogP contribution is -2.12. The molecule has 1 heterocycles. The van der Waals surface area contributed by atoms with Crippen LogP contribution in [0.5, 0.6) is 5.75 Å². The highest BCUT2D eigenvalue weighted by Gasteiger charge is 2.19. The molecule has 0 unspecified atom stereocenters. The SMILES string of the molecule is O=C(Nc1ccc(OCc2ccccc2)cc1)c1cn(-c2ccccc2)nc1-c1ccc(F)cc1. The topological polar surface area (TPSA) is 56.1 Å². The maximum Gasteiger partial charge on any atom is 0.259 e. The van der Waals surface area contributed by atoms with Crippen molar-refractivity contribution in [2.75, 3.05) is 5.32 Å². The number of carbonyl (C=O) groups excluding carboxylic acids is 1. The molecule has 0 atom stereocenters. The highest BCUT2D eigenvalue weighted by Crippen LogP contribution is 2.26. The van der Waals surface area contributed by atoms with Crippen LogP contribution in [0.15, 0.2) is 115 Å². The van der Waals surface area contributed by atoms with Crippen molar-refractivity contribution in [3.63, 3.8) is 0 Å². The summed E-state index contributed by atoms with van der Waals surface area (Å²) < 4.78 is 21.0. The van der Waals surface area contributed by atoms with E-state index in [-0.39, 0.29) is 11.7 Å². The van der Waals surface area contributed by atoms with Crippen molar-refractivity contribution < 1.29 is 13.9 Å². The van der Waals surface area contributed by atoms with E-state index in [1.165, 1.54) is 12.1 Å². The number of anilines is 1. The van der Waals surface area contributed by atoms with Gasteiger partial charge in [0.25, 0.3) is 5.91 Å². The number of nitrogens with zero attached hydrogens (tertiary/aromatic N) is 2. The van der Waals surface area contributed by atoms with Crippen LogP contribution in [0.3, 0.4) is 0 Å². The third-order valence-electron chi connectivity index (χ3n) is 5.46. The predicted octanol–water partition coefficient (Wildman–Crippen LogP) is 6.51. The third kappa shape index (κ3) is 5.28. The van der Waals surface area contributed by atoms with Crippen LogP contribution in [0.4, 0.5) is 10.1 Å². The van der Waals surface area contributed by atoms with Gasteiger partial charge in [-0.2, -0.15) is 5.10 Å². The molecule has 0 saturated carbocycles. The summed E-state index contributed by atoms with van der Waals surface area (Å²) in [6.45, 7) is 0.465. The molecule has 5 nitrogen and oxygen atoms in total. The fourth-order valence-corrected chi connectivity index (χ4v) is 3.65. The van der Waals surface area contributed by atoms with E-state index in [0.717, 1.165) is 11.3 Å². The zero-order chi connectivity index (χ0) is 24.0. The van der Waals surface area contributed by atoms with Crippen molar-refractivity contribution in [1.82, 2.24) is 9.78 Å². The van der Waals surface area contributed by atoms with E-state index >= 15 is 0 Å². The third-order valence-corrected chi connectivity index (χ3v) is 5.46. The Morgan fingerprint density at radius 1 is 0.829 bits per heavy atom. The summed E-state index contributed by atoms with van der Waals surface area (Å²) in [5, 5.41) is 7.55. The van der Waals surface area contributed by atoms with Crippen LogP contribution in [0.25, 0.3) is 16.9 Å². The molecule has 0 aliphatic rings. The maximum absolute atomic E-state index is 13.5. The molecule has 6 heteroatoms. The minimum atomic E-state index is -0.350. The number of amides is 1. The van der Waals surface area contributed by atoms with E-state index in [0.29, 0.717) is 34.9 Å². The summed E-state index contributed by atoms with van der Waals surface area (Å²) in [6, 6.07) is 32.6. The first-order valence-electron chi connectivity index (χ1n) is 11.1. The van der Waals surface area contributed by atoms with Crippen molar-refractivity contribution >= 4 is 11.6 Å². The summed E-state index contributed by atoms with van der Waals surface area (Å²) >= 11 is 0. The Morgan fingerprint density at radius 3 is 2.17 bits per heavy atom. The molecule has 35 heavy (non-hydrogen) atoms. The number of hydrogen-bond donors (Lipinski definition) is 1. The molecule has 0 radical (unpaired) electrons. The normalized spacial score (nSPS) is 10.7. The van der Waals surface area contributed by atoms with Crippen molar-refractivity contribution in [2.45, 2.75) is 6.61 Å². The van der Waals surface area contributed by atoms with Gasteiger partial charge in [-0.3, -0.25) is 4.79 Å². The molecule has 0 saturated heterocycles. The number of para-hydroxylation sites is 1. The molecule has 5 rings (SSSR count). The molecule has 5 aromatic rings. The van der Waals surface area contributed by atoms with Gasteiger partial charge in [0, 0.05) is 17.4 Å². The Hall–Kier alpha value is -4.71. The van der Waals surface area contributed by atoms with Crippen LogP contribution in [0.1, 0.15) is 15.9 Å². The van der Waals surface area contributed by atoms with Crippen LogP contribution < -0.4 is 10.1 Å². The molecule has 0 bridgehead atoms. The van der Waals surface area contributed by atoms with E-state index in [9.17, 15) is 9.18 Å². The van der Waals surface area contributed by atoms with Crippen LogP contribution in [-0.4, -0.2) is 15.7 Å². The summed E-state index contributed by atoms with van der Waals surface area (Å²) in [5.74, 6) is 0.0389. The monoisotopic (exact) mass is 463 g/mol. The number of hydrogen-bond acceptors (Lipinski definition) is 3. The maximum atomic E-state index is 13.5. The molecule has 0 fully saturated rings. The van der Waals surface area contributed by atoms with E-state index in [4.69, 9.17) is 4.74 Å². The highest BCUT2D eigenvalue weighted by atomic mass is 19.1. The molecule has 1 amide bonds. The number of benzene rings is 4. The van der Waals surface area contributed by atoms with Crippen LogP contribution >= 0.6 is 0 Å². The van der Waals surface area contributed by atoms with Gasteiger partial charge in [0.2, 0.25) is 0 Å². The largest absolute Gasteiger partial charge is 0.489 e. The van der Waals surface area contributed by atoms with E-state index in [2.05, 4.69) is 10.4 Å². The van der Waals surface area contributed by atoms with Gasteiger partial charge in [0.15, 0.2) is 0 Å². The average Bonchev–Trinajstić information content (AvgIpc) is 3.36. The molecular weight excluding hydrogens is 441 g/mol. The summed E-state index contributed by atoms with van der Waals surface area (Å²) in [4.78, 5) is 13.2. The van der Waals surface area contributed by atoms with Gasteiger partial charge < -0.3 is 10.1 Å². The molecule has 1 aromatic heterocycles. The fourth-order valence-electron chi connectivity index (χ4n) is 3.65. The van der Waals surface area contributed by atoms with E-state index < -0.39 is 0 Å². The zero-order valence-electron chi connectivity index (χ0n) is 18.8. The molecule has 1 N–H and O–H groups in total. The van der Waals surface area contributed by atoms with Crippen molar-refractivity contribution in [1.29, 1.82) is 0 Å². The van der Waals surface area contributed by atoms with Gasteiger partial charge in [-0.05, 0) is 66.2 Å². The Kier molecular flexibility index (Phi) is 6.35. The lowest BCUT2D eigenvalue weighted by Gasteiger charge is -2.09. The van der Waals surface area contributed by atoms with Gasteiger partial charge >= 0.3 is 0 Å². The van der Waals surface area contributed by atoms with Crippen LogP contribution in [-0.2, 0) is 6.61 Å². The Labute approximate surface area is 202 Å². The number of nitrogens with one attached hydrogen (secondary N) is 1. The number of ether oxygens (including phenoxy) is 1. The number of aromatic nitrogens is 2.